The predicted octanol–water partition coefficient (Wildman–Crippen LogP) is 3.23. The number of piperidine rings is 1. The van der Waals surface area contributed by atoms with Gasteiger partial charge in [-0.3, -0.25) is 0 Å². The van der Waals surface area contributed by atoms with Crippen molar-refractivity contribution >= 4 is 40.9 Å². The average molecular weight is 480 g/mol. The van der Waals surface area contributed by atoms with Gasteiger partial charge in [0.2, 0.25) is 5.95 Å². The van der Waals surface area contributed by atoms with Crippen molar-refractivity contribution in [3.63, 3.8) is 0 Å². The Balaban J connectivity index is 1.41. The summed E-state index contributed by atoms with van der Waals surface area (Å²) in [6, 6.07) is 5.18. The van der Waals surface area contributed by atoms with Gasteiger partial charge >= 0.3 is 5.97 Å². The van der Waals surface area contributed by atoms with Crippen LogP contribution in [0.2, 0.25) is 10.0 Å². The van der Waals surface area contributed by atoms with E-state index in [2.05, 4.69) is 25.1 Å². The maximum Gasteiger partial charge on any atom is 0.341 e. The highest BCUT2D eigenvalue weighted by molar-refractivity contribution is 6.35. The number of halogens is 2. The molecule has 3 N–H and O–H groups in total. The molecule has 4 rings (SSSR count). The molecule has 172 valence electrons. The van der Waals surface area contributed by atoms with Crippen LogP contribution in [0.5, 0.6) is 0 Å². The molecule has 2 aromatic rings. The summed E-state index contributed by atoms with van der Waals surface area (Å²) < 4.78 is 0. The fourth-order valence-electron chi connectivity index (χ4n) is 4.45. The topological polar surface area (TPSA) is 102 Å². The highest BCUT2D eigenvalue weighted by Crippen LogP contribution is 2.33. The Morgan fingerprint density at radius 3 is 2.75 bits per heavy atom. The SMILES string of the molecule is O=C(O)c1cnc(N2CC(C3CCCN(CCO)C3)C2)nc1NCc1ccc(Cl)cc1Cl. The molecule has 1 atom stereocenters. The summed E-state index contributed by atoms with van der Waals surface area (Å²) >= 11 is 12.2. The number of nitrogens with one attached hydrogen (secondary N) is 1. The second-order valence-corrected chi connectivity index (χ2v) is 9.26. The standard InChI is InChI=1S/C22H27Cl2N5O3/c23-17-4-3-14(19(24)8-17)9-25-20-18(21(31)32)10-26-22(27-20)29-12-16(13-29)15-2-1-5-28(11-15)6-7-30/h3-4,8,10,15-16,30H,1-2,5-7,9,11-13H2,(H,31,32)(H,25,26,27). The van der Waals surface area contributed by atoms with Gasteiger partial charge in [-0.15, -0.1) is 0 Å². The van der Waals surface area contributed by atoms with Gasteiger partial charge in [0.15, 0.2) is 0 Å². The van der Waals surface area contributed by atoms with Gasteiger partial charge in [-0.2, -0.15) is 4.98 Å². The molecule has 2 saturated heterocycles. The Labute approximate surface area is 197 Å². The van der Waals surface area contributed by atoms with Crippen LogP contribution in [0.1, 0.15) is 28.8 Å². The molecule has 0 amide bonds. The molecule has 1 aromatic heterocycles. The zero-order valence-corrected chi connectivity index (χ0v) is 19.2. The van der Waals surface area contributed by atoms with Crippen LogP contribution in [-0.4, -0.2) is 70.4 Å². The van der Waals surface area contributed by atoms with E-state index in [1.807, 2.05) is 0 Å². The number of anilines is 2. The van der Waals surface area contributed by atoms with Crippen LogP contribution in [0, 0.1) is 11.8 Å². The van der Waals surface area contributed by atoms with Gasteiger partial charge in [-0.25, -0.2) is 9.78 Å². The molecule has 10 heteroatoms. The number of carboxylic acids is 1. The molecule has 1 aromatic carbocycles. The molecule has 2 aliphatic heterocycles. The van der Waals surface area contributed by atoms with Gasteiger partial charge in [0.25, 0.3) is 0 Å². The number of hydrogen-bond acceptors (Lipinski definition) is 7. The molecule has 0 bridgehead atoms. The van der Waals surface area contributed by atoms with Crippen molar-refractivity contribution in [2.24, 2.45) is 11.8 Å². The van der Waals surface area contributed by atoms with Crippen molar-refractivity contribution in [3.8, 4) is 0 Å². The highest BCUT2D eigenvalue weighted by Gasteiger charge is 2.37. The third-order valence-electron chi connectivity index (χ3n) is 6.29. The number of likely N-dealkylation sites (tertiary alicyclic amines) is 1. The lowest BCUT2D eigenvalue weighted by Gasteiger charge is -2.46. The Morgan fingerprint density at radius 1 is 1.22 bits per heavy atom. The first-order chi connectivity index (χ1) is 15.4. The fourth-order valence-corrected chi connectivity index (χ4v) is 4.93. The minimum absolute atomic E-state index is 0.0165. The van der Waals surface area contributed by atoms with Gasteiger partial charge in [-0.05, 0) is 48.9 Å². The van der Waals surface area contributed by atoms with Crippen molar-refractivity contribution in [3.05, 3.63) is 45.6 Å². The van der Waals surface area contributed by atoms with Gasteiger partial charge < -0.3 is 25.3 Å². The van der Waals surface area contributed by atoms with Crippen LogP contribution in [0.4, 0.5) is 11.8 Å². The number of carbonyl (C=O) groups is 1. The first-order valence-corrected chi connectivity index (χ1v) is 11.6. The van der Waals surface area contributed by atoms with Crippen LogP contribution in [-0.2, 0) is 6.54 Å². The molecule has 0 aliphatic carbocycles. The smallest absolute Gasteiger partial charge is 0.341 e. The summed E-state index contributed by atoms with van der Waals surface area (Å²) in [4.78, 5) is 24.9. The lowest BCUT2D eigenvalue weighted by atomic mass is 9.81. The van der Waals surface area contributed by atoms with E-state index in [0.717, 1.165) is 44.7 Å². The Morgan fingerprint density at radius 2 is 2.03 bits per heavy atom. The van der Waals surface area contributed by atoms with Crippen molar-refractivity contribution in [2.45, 2.75) is 19.4 Å². The van der Waals surface area contributed by atoms with Crippen LogP contribution >= 0.6 is 23.2 Å². The summed E-state index contributed by atoms with van der Waals surface area (Å²) in [6.07, 6.45) is 3.72. The average Bonchev–Trinajstić information content (AvgIpc) is 2.72. The van der Waals surface area contributed by atoms with Crippen LogP contribution in [0.15, 0.2) is 24.4 Å². The normalized spacial score (nSPS) is 19.6. The maximum atomic E-state index is 11.7. The number of aliphatic hydroxyl groups is 1. The van der Waals surface area contributed by atoms with Crippen molar-refractivity contribution in [1.82, 2.24) is 14.9 Å². The number of nitrogens with zero attached hydrogens (tertiary/aromatic N) is 4. The largest absolute Gasteiger partial charge is 0.477 e. The molecule has 3 heterocycles. The lowest BCUT2D eigenvalue weighted by Crippen LogP contribution is -2.54. The number of hydrogen-bond donors (Lipinski definition) is 3. The summed E-state index contributed by atoms with van der Waals surface area (Å²) in [6.45, 7) is 5.03. The highest BCUT2D eigenvalue weighted by atomic mass is 35.5. The quantitative estimate of drug-likeness (QED) is 0.530. The van der Waals surface area contributed by atoms with E-state index in [9.17, 15) is 15.0 Å². The molecule has 0 spiro atoms. The molecular weight excluding hydrogens is 453 g/mol. The predicted molar refractivity (Wildman–Crippen MR) is 125 cm³/mol. The summed E-state index contributed by atoms with van der Waals surface area (Å²) in [5.74, 6) is 0.870. The van der Waals surface area contributed by atoms with Gasteiger partial charge in [0.05, 0.1) is 6.61 Å². The van der Waals surface area contributed by atoms with Crippen LogP contribution < -0.4 is 10.2 Å². The monoisotopic (exact) mass is 479 g/mol. The molecular formula is C22H27Cl2N5O3. The first-order valence-electron chi connectivity index (χ1n) is 10.8. The van der Waals surface area contributed by atoms with Crippen LogP contribution in [0.3, 0.4) is 0 Å². The molecule has 8 nitrogen and oxygen atoms in total. The number of carboxylic acid groups (broad SMARTS) is 1. The van der Waals surface area contributed by atoms with E-state index in [1.165, 1.54) is 12.6 Å². The molecule has 2 aliphatic rings. The van der Waals surface area contributed by atoms with E-state index in [1.54, 1.807) is 18.2 Å². The van der Waals surface area contributed by atoms with E-state index < -0.39 is 5.97 Å². The van der Waals surface area contributed by atoms with Crippen LogP contribution in [0.25, 0.3) is 0 Å². The Kier molecular flexibility index (Phi) is 7.35. The molecule has 32 heavy (non-hydrogen) atoms. The molecule has 2 fully saturated rings. The second kappa shape index (κ2) is 10.2. The van der Waals surface area contributed by atoms with Gasteiger partial charge in [-0.1, -0.05) is 29.3 Å². The van der Waals surface area contributed by atoms with E-state index in [-0.39, 0.29) is 18.0 Å². The fraction of sp³-hybridized carbons (Fsp3) is 0.500. The van der Waals surface area contributed by atoms with Gasteiger partial charge in [0, 0.05) is 49.0 Å². The minimum atomic E-state index is -1.09. The number of aromatic carboxylic acids is 1. The van der Waals surface area contributed by atoms with Crippen molar-refractivity contribution < 1.29 is 15.0 Å². The number of benzene rings is 1. The first kappa shape index (κ1) is 23.0. The molecule has 1 unspecified atom stereocenters. The zero-order valence-electron chi connectivity index (χ0n) is 17.7. The third kappa shape index (κ3) is 5.26. The number of aromatic nitrogens is 2. The third-order valence-corrected chi connectivity index (χ3v) is 6.87. The minimum Gasteiger partial charge on any atom is -0.477 e. The maximum absolute atomic E-state index is 11.7. The summed E-state index contributed by atoms with van der Waals surface area (Å²) in [5.41, 5.74) is 0.809. The molecule has 0 saturated carbocycles. The summed E-state index contributed by atoms with van der Waals surface area (Å²) in [7, 11) is 0. The summed E-state index contributed by atoms with van der Waals surface area (Å²) in [5, 5.41) is 22.9. The van der Waals surface area contributed by atoms with Crippen molar-refractivity contribution in [2.75, 3.05) is 49.5 Å². The number of rotatable bonds is 8. The number of β-amino-alcohol motifs (C(OH)–C–C–N with tert-alkyl or cyclic N) is 1. The van der Waals surface area contributed by atoms with Gasteiger partial charge in [0.1, 0.15) is 11.4 Å². The van der Waals surface area contributed by atoms with Crippen molar-refractivity contribution in [1.29, 1.82) is 0 Å². The zero-order chi connectivity index (χ0) is 22.7. The van der Waals surface area contributed by atoms with E-state index in [0.29, 0.717) is 34.4 Å². The van der Waals surface area contributed by atoms with E-state index >= 15 is 0 Å². The Bertz CT molecular complexity index is 969. The lowest BCUT2D eigenvalue weighted by molar-refractivity contribution is 0.0697. The molecule has 0 radical (unpaired) electrons. The van der Waals surface area contributed by atoms with E-state index in [4.69, 9.17) is 23.2 Å². The number of aliphatic hydroxyl groups excluding tert-OH is 1. The second-order valence-electron chi connectivity index (χ2n) is 8.42. The Hall–Kier alpha value is -2.13.